The van der Waals surface area contributed by atoms with Gasteiger partial charge >= 0.3 is 0 Å². The number of pyridine rings is 1. The summed E-state index contributed by atoms with van der Waals surface area (Å²) in [6.45, 7) is 9.09. The van der Waals surface area contributed by atoms with E-state index >= 15 is 0 Å². The number of nitrogens with zero attached hydrogens (tertiary/aromatic N) is 5. The molecule has 0 spiro atoms. The average Bonchev–Trinajstić information content (AvgIpc) is 2.79. The van der Waals surface area contributed by atoms with Gasteiger partial charge in [-0.2, -0.15) is 0 Å². The number of para-hydroxylation sites is 1. The summed E-state index contributed by atoms with van der Waals surface area (Å²) in [6, 6.07) is 9.14. The molecule has 0 bridgehead atoms. The molecule has 32 heavy (non-hydrogen) atoms. The molecular formula is C23H25Cl2N5O2. The van der Waals surface area contributed by atoms with Crippen LogP contribution in [0.3, 0.4) is 0 Å². The van der Waals surface area contributed by atoms with Crippen LogP contribution in [-0.4, -0.2) is 65.7 Å². The van der Waals surface area contributed by atoms with Crippen LogP contribution < -0.4 is 4.90 Å². The zero-order valence-corrected chi connectivity index (χ0v) is 19.8. The second-order valence-corrected chi connectivity index (χ2v) is 8.24. The summed E-state index contributed by atoms with van der Waals surface area (Å²) in [4.78, 5) is 38.5. The fourth-order valence-electron chi connectivity index (χ4n) is 3.87. The summed E-state index contributed by atoms with van der Waals surface area (Å²) >= 11 is 12.6. The number of hydrogen-bond donors (Lipinski definition) is 0. The fourth-order valence-corrected chi connectivity index (χ4v) is 4.15. The molecule has 1 saturated heterocycles. The van der Waals surface area contributed by atoms with E-state index < -0.39 is 0 Å². The molecule has 1 unspecified atom stereocenters. The number of aliphatic imine (C=N–C) groups is 1. The Hall–Kier alpha value is -2.90. The maximum atomic E-state index is 12.2. The standard InChI is InChI=1S/C23H25Cl2N5O2/c1-5-20(32)28-10-11-29(16(3)13-28)22(26-4)17-12-18(24)21(25)27-23(17)30(14-31)19-9-7-6-8-15(19)2/h5-9,12,14,16H,1,10-11,13H2,2-4H3/b26-22+. The van der Waals surface area contributed by atoms with Gasteiger partial charge in [0.25, 0.3) is 0 Å². The van der Waals surface area contributed by atoms with Gasteiger partial charge in [0.15, 0.2) is 5.82 Å². The average molecular weight is 474 g/mol. The number of anilines is 2. The SMILES string of the molecule is C=CC(=O)N1CCN(/C(=N/C)c2cc(Cl)c(Cl)nc2N(C=O)c2ccccc2C)C(C)C1. The van der Waals surface area contributed by atoms with Crippen LogP contribution >= 0.6 is 23.2 Å². The minimum absolute atomic E-state index is 0.0307. The maximum absolute atomic E-state index is 12.2. The molecule has 3 rings (SSSR count). The van der Waals surface area contributed by atoms with E-state index in [1.807, 2.05) is 38.1 Å². The first-order chi connectivity index (χ1) is 15.3. The number of amidine groups is 1. The van der Waals surface area contributed by atoms with Gasteiger partial charge in [-0.25, -0.2) is 4.98 Å². The van der Waals surface area contributed by atoms with Crippen LogP contribution in [0.4, 0.5) is 11.5 Å². The largest absolute Gasteiger partial charge is 0.350 e. The molecule has 7 nitrogen and oxygen atoms in total. The van der Waals surface area contributed by atoms with Gasteiger partial charge < -0.3 is 9.80 Å². The zero-order chi connectivity index (χ0) is 23.4. The molecule has 1 aliphatic heterocycles. The van der Waals surface area contributed by atoms with Crippen molar-refractivity contribution in [3.05, 3.63) is 64.3 Å². The third-order valence-corrected chi connectivity index (χ3v) is 6.13. The Labute approximate surface area is 197 Å². The Morgan fingerprint density at radius 2 is 2.03 bits per heavy atom. The highest BCUT2D eigenvalue weighted by Crippen LogP contribution is 2.34. The van der Waals surface area contributed by atoms with Gasteiger partial charge in [0.2, 0.25) is 12.3 Å². The van der Waals surface area contributed by atoms with E-state index in [2.05, 4.69) is 21.5 Å². The molecule has 0 N–H and O–H groups in total. The van der Waals surface area contributed by atoms with Crippen LogP contribution in [-0.2, 0) is 9.59 Å². The van der Waals surface area contributed by atoms with Crippen LogP contribution in [0, 0.1) is 6.92 Å². The molecule has 0 radical (unpaired) electrons. The van der Waals surface area contributed by atoms with Crippen LogP contribution in [0.5, 0.6) is 0 Å². The number of halogens is 2. The van der Waals surface area contributed by atoms with Crippen molar-refractivity contribution in [3.63, 3.8) is 0 Å². The number of rotatable bonds is 5. The lowest BCUT2D eigenvalue weighted by Gasteiger charge is -2.41. The summed E-state index contributed by atoms with van der Waals surface area (Å²) in [7, 11) is 1.68. The summed E-state index contributed by atoms with van der Waals surface area (Å²) < 4.78 is 0. The van der Waals surface area contributed by atoms with Crippen molar-refractivity contribution in [2.24, 2.45) is 4.99 Å². The van der Waals surface area contributed by atoms with E-state index in [1.54, 1.807) is 18.0 Å². The molecule has 1 aromatic carbocycles. The first kappa shape index (κ1) is 23.8. The number of hydrogen-bond acceptors (Lipinski definition) is 4. The fraction of sp³-hybridized carbons (Fsp3) is 0.304. The van der Waals surface area contributed by atoms with Crippen molar-refractivity contribution < 1.29 is 9.59 Å². The van der Waals surface area contributed by atoms with Gasteiger partial charge in [-0.1, -0.05) is 48.0 Å². The number of carbonyl (C=O) groups excluding carboxylic acids is 2. The van der Waals surface area contributed by atoms with Gasteiger partial charge in [-0.15, -0.1) is 0 Å². The maximum Gasteiger partial charge on any atom is 0.246 e. The minimum Gasteiger partial charge on any atom is -0.350 e. The van der Waals surface area contributed by atoms with Gasteiger partial charge in [0, 0.05) is 32.7 Å². The molecule has 2 amide bonds. The summed E-state index contributed by atoms with van der Waals surface area (Å²) in [5.41, 5.74) is 2.16. The Bertz CT molecular complexity index is 1070. The molecule has 1 aliphatic rings. The quantitative estimate of drug-likeness (QED) is 0.215. The smallest absolute Gasteiger partial charge is 0.246 e. The summed E-state index contributed by atoms with van der Waals surface area (Å²) in [6.07, 6.45) is 2.03. The van der Waals surface area contributed by atoms with Crippen molar-refractivity contribution in [3.8, 4) is 0 Å². The van der Waals surface area contributed by atoms with E-state index in [0.29, 0.717) is 48.9 Å². The van der Waals surface area contributed by atoms with Gasteiger partial charge in [0.05, 0.1) is 16.3 Å². The van der Waals surface area contributed by atoms with Gasteiger partial charge in [-0.3, -0.25) is 19.5 Å². The van der Waals surface area contributed by atoms with Crippen molar-refractivity contribution in [1.82, 2.24) is 14.8 Å². The highest BCUT2D eigenvalue weighted by atomic mass is 35.5. The number of benzene rings is 1. The number of amides is 2. The first-order valence-corrected chi connectivity index (χ1v) is 10.9. The second-order valence-electron chi connectivity index (χ2n) is 7.47. The summed E-state index contributed by atoms with van der Waals surface area (Å²) in [5, 5.41) is 0.353. The predicted molar refractivity (Wildman–Crippen MR) is 129 cm³/mol. The topological polar surface area (TPSA) is 69.1 Å². The van der Waals surface area contributed by atoms with Crippen LogP contribution in [0.2, 0.25) is 10.2 Å². The predicted octanol–water partition coefficient (Wildman–Crippen LogP) is 4.09. The molecule has 168 valence electrons. The van der Waals surface area contributed by atoms with Crippen molar-refractivity contribution in [2.75, 3.05) is 31.6 Å². The molecule has 0 aliphatic carbocycles. The molecular weight excluding hydrogens is 449 g/mol. The van der Waals surface area contributed by atoms with Crippen molar-refractivity contribution >= 4 is 52.9 Å². The molecule has 9 heteroatoms. The molecule has 0 saturated carbocycles. The molecule has 1 aromatic heterocycles. The summed E-state index contributed by atoms with van der Waals surface area (Å²) in [5.74, 6) is 0.848. The molecule has 1 atom stereocenters. The highest BCUT2D eigenvalue weighted by molar-refractivity contribution is 6.41. The number of aromatic nitrogens is 1. The van der Waals surface area contributed by atoms with Gasteiger partial charge in [-0.05, 0) is 37.6 Å². The Morgan fingerprint density at radius 1 is 1.31 bits per heavy atom. The number of aryl methyl sites for hydroxylation is 1. The van der Waals surface area contributed by atoms with Crippen molar-refractivity contribution in [2.45, 2.75) is 19.9 Å². The zero-order valence-electron chi connectivity index (χ0n) is 18.3. The highest BCUT2D eigenvalue weighted by Gasteiger charge is 2.31. The third kappa shape index (κ3) is 4.64. The van der Waals surface area contributed by atoms with Crippen LogP contribution in [0.1, 0.15) is 18.1 Å². The van der Waals surface area contributed by atoms with E-state index in [-0.39, 0.29) is 22.1 Å². The lowest BCUT2D eigenvalue weighted by molar-refractivity contribution is -0.128. The van der Waals surface area contributed by atoms with Crippen LogP contribution in [0.25, 0.3) is 0 Å². The Morgan fingerprint density at radius 3 is 2.62 bits per heavy atom. The molecule has 2 heterocycles. The normalized spacial score (nSPS) is 16.7. The van der Waals surface area contributed by atoms with E-state index in [0.717, 1.165) is 5.56 Å². The third-order valence-electron chi connectivity index (χ3n) is 5.46. The Balaban J connectivity index is 2.08. The van der Waals surface area contributed by atoms with Crippen LogP contribution in [0.15, 0.2) is 48.0 Å². The van der Waals surface area contributed by atoms with Crippen molar-refractivity contribution in [1.29, 1.82) is 0 Å². The minimum atomic E-state index is -0.102. The second kappa shape index (κ2) is 10.1. The monoisotopic (exact) mass is 473 g/mol. The molecule has 2 aromatic rings. The van der Waals surface area contributed by atoms with E-state index in [1.165, 1.54) is 11.0 Å². The van der Waals surface area contributed by atoms with E-state index in [4.69, 9.17) is 23.2 Å². The lowest BCUT2D eigenvalue weighted by Crippen LogP contribution is -2.55. The van der Waals surface area contributed by atoms with E-state index in [9.17, 15) is 9.59 Å². The lowest BCUT2D eigenvalue weighted by atomic mass is 10.1. The first-order valence-electron chi connectivity index (χ1n) is 10.1. The van der Waals surface area contributed by atoms with Gasteiger partial charge in [0.1, 0.15) is 11.0 Å². The Kier molecular flexibility index (Phi) is 7.53. The number of carbonyl (C=O) groups is 2. The number of piperazine rings is 1. The molecule has 1 fully saturated rings.